The van der Waals surface area contributed by atoms with Gasteiger partial charge in [-0.2, -0.15) is 0 Å². The summed E-state index contributed by atoms with van der Waals surface area (Å²) in [7, 11) is -1.77. The van der Waals surface area contributed by atoms with Crippen LogP contribution in [0.1, 0.15) is 37.2 Å². The van der Waals surface area contributed by atoms with Crippen LogP contribution in [0.25, 0.3) is 0 Å². The molecule has 1 aliphatic rings. The van der Waals surface area contributed by atoms with E-state index in [1.165, 1.54) is 12.8 Å². The molecule has 0 saturated heterocycles. The van der Waals surface area contributed by atoms with Gasteiger partial charge >= 0.3 is 0 Å². The lowest BCUT2D eigenvalue weighted by Crippen LogP contribution is -2.34. The number of sulfonamides is 1. The summed E-state index contributed by atoms with van der Waals surface area (Å²) in [6.45, 7) is 1.47. The lowest BCUT2D eigenvalue weighted by atomic mass is 9.85. The summed E-state index contributed by atoms with van der Waals surface area (Å²) in [6, 6.07) is 7.76. The molecule has 5 nitrogen and oxygen atoms in total. The summed E-state index contributed by atoms with van der Waals surface area (Å²) in [5.74, 6) is 0.667. The Hall–Kier alpha value is -0.660. The van der Waals surface area contributed by atoms with E-state index in [9.17, 15) is 8.42 Å². The van der Waals surface area contributed by atoms with Gasteiger partial charge in [0.2, 0.25) is 10.0 Å². The zero-order valence-electron chi connectivity index (χ0n) is 14.7. The average Bonchev–Trinajstić information content (AvgIpc) is 3.10. The van der Waals surface area contributed by atoms with Crippen molar-refractivity contribution in [2.45, 2.75) is 31.6 Å². The van der Waals surface area contributed by atoms with Crippen LogP contribution in [0, 0.1) is 5.92 Å². The number of rotatable bonds is 11. The van der Waals surface area contributed by atoms with E-state index in [0.717, 1.165) is 18.4 Å². The van der Waals surface area contributed by atoms with E-state index in [-0.39, 0.29) is 18.3 Å². The van der Waals surface area contributed by atoms with Crippen molar-refractivity contribution in [1.82, 2.24) is 4.72 Å². The van der Waals surface area contributed by atoms with Crippen molar-refractivity contribution in [3.8, 4) is 0 Å². The fourth-order valence-electron chi connectivity index (χ4n) is 3.33. The van der Waals surface area contributed by atoms with Crippen LogP contribution in [-0.2, 0) is 19.5 Å². The van der Waals surface area contributed by atoms with Gasteiger partial charge in [-0.3, -0.25) is 0 Å². The zero-order chi connectivity index (χ0) is 18.1. The highest BCUT2D eigenvalue weighted by atomic mass is 35.5. The van der Waals surface area contributed by atoms with Crippen molar-refractivity contribution >= 4 is 21.6 Å². The van der Waals surface area contributed by atoms with E-state index in [2.05, 4.69) is 4.72 Å². The smallest absolute Gasteiger partial charge is 0.213 e. The molecule has 1 aromatic rings. The number of nitrogens with one attached hydrogen (secondary N) is 1. The molecule has 1 aromatic carbocycles. The van der Waals surface area contributed by atoms with Gasteiger partial charge in [0.25, 0.3) is 0 Å². The number of ether oxygens (including phenoxy) is 2. The van der Waals surface area contributed by atoms with Crippen molar-refractivity contribution in [3.05, 3.63) is 34.9 Å². The largest absolute Gasteiger partial charge is 0.382 e. The van der Waals surface area contributed by atoms with E-state index in [4.69, 9.17) is 21.1 Å². The molecule has 1 saturated carbocycles. The Kier molecular flexibility index (Phi) is 8.66. The van der Waals surface area contributed by atoms with E-state index in [0.29, 0.717) is 30.7 Å². The van der Waals surface area contributed by atoms with Gasteiger partial charge in [-0.05, 0) is 36.5 Å². The molecular weight excluding hydrogens is 362 g/mol. The highest BCUT2D eigenvalue weighted by Crippen LogP contribution is 2.37. The number of hydrogen-bond acceptors (Lipinski definition) is 4. The molecule has 0 spiro atoms. The van der Waals surface area contributed by atoms with Gasteiger partial charge in [-0.15, -0.1) is 0 Å². The molecule has 7 heteroatoms. The Balaban J connectivity index is 1.91. The molecule has 0 heterocycles. The zero-order valence-corrected chi connectivity index (χ0v) is 16.3. The number of benzene rings is 1. The quantitative estimate of drug-likeness (QED) is 0.590. The van der Waals surface area contributed by atoms with E-state index in [1.807, 2.05) is 24.3 Å². The second kappa shape index (κ2) is 10.5. The van der Waals surface area contributed by atoms with Gasteiger partial charge in [0.05, 0.1) is 25.6 Å². The van der Waals surface area contributed by atoms with Crippen LogP contribution in [0.2, 0.25) is 5.02 Å². The van der Waals surface area contributed by atoms with E-state index in [1.54, 1.807) is 7.11 Å². The van der Waals surface area contributed by atoms with Crippen LogP contribution in [-0.4, -0.2) is 47.6 Å². The molecule has 1 fully saturated rings. The fourth-order valence-corrected chi connectivity index (χ4v) is 4.37. The third-order valence-electron chi connectivity index (χ3n) is 4.72. The lowest BCUT2D eigenvalue weighted by molar-refractivity contribution is 0.0784. The lowest BCUT2D eigenvalue weighted by Gasteiger charge is -2.24. The highest BCUT2D eigenvalue weighted by Gasteiger charge is 2.27. The van der Waals surface area contributed by atoms with Crippen LogP contribution in [0.4, 0.5) is 0 Å². The third-order valence-corrected chi connectivity index (χ3v) is 6.28. The average molecular weight is 390 g/mol. The molecule has 1 atom stereocenters. The first-order chi connectivity index (χ1) is 12.0. The monoisotopic (exact) mass is 389 g/mol. The second-order valence-corrected chi connectivity index (χ2v) is 8.84. The van der Waals surface area contributed by atoms with Gasteiger partial charge in [-0.1, -0.05) is 36.6 Å². The number of methoxy groups -OCH3 is 1. The molecule has 142 valence electrons. The van der Waals surface area contributed by atoms with Crippen molar-refractivity contribution in [1.29, 1.82) is 0 Å². The van der Waals surface area contributed by atoms with Crippen LogP contribution >= 0.6 is 11.6 Å². The Morgan fingerprint density at radius 1 is 1.16 bits per heavy atom. The normalized spacial score (nSPS) is 17.0. The Labute approximate surface area is 156 Å². The van der Waals surface area contributed by atoms with Crippen LogP contribution in [0.3, 0.4) is 0 Å². The van der Waals surface area contributed by atoms with Crippen LogP contribution < -0.4 is 4.72 Å². The molecule has 1 unspecified atom stereocenters. The summed E-state index contributed by atoms with van der Waals surface area (Å²) in [4.78, 5) is 0. The molecule has 2 rings (SSSR count). The molecule has 0 radical (unpaired) electrons. The van der Waals surface area contributed by atoms with Gasteiger partial charge in [0.1, 0.15) is 0 Å². The van der Waals surface area contributed by atoms with Crippen molar-refractivity contribution in [2.24, 2.45) is 5.92 Å². The maximum atomic E-state index is 12.2. The first kappa shape index (κ1) is 20.6. The third kappa shape index (κ3) is 7.23. The van der Waals surface area contributed by atoms with Crippen LogP contribution in [0.5, 0.6) is 0 Å². The van der Waals surface area contributed by atoms with Crippen molar-refractivity contribution in [3.63, 3.8) is 0 Å². The number of halogens is 1. The molecule has 0 aliphatic heterocycles. The van der Waals surface area contributed by atoms with Crippen molar-refractivity contribution in [2.75, 3.05) is 39.2 Å². The standard InChI is InChI=1S/C18H28ClNO4S/c1-23-10-11-24-12-13-25(21,22)20-14-18(15-4-2-3-5-15)16-6-8-17(19)9-7-16/h6-9,15,18,20H,2-5,10-14H2,1H3. The highest BCUT2D eigenvalue weighted by molar-refractivity contribution is 7.89. The maximum Gasteiger partial charge on any atom is 0.213 e. The fraction of sp³-hybridized carbons (Fsp3) is 0.667. The predicted molar refractivity (Wildman–Crippen MR) is 101 cm³/mol. The molecule has 0 amide bonds. The summed E-state index contributed by atoms with van der Waals surface area (Å²) in [5, 5.41) is 0.697. The minimum Gasteiger partial charge on any atom is -0.382 e. The predicted octanol–water partition coefficient (Wildman–Crippen LogP) is 3.20. The van der Waals surface area contributed by atoms with Gasteiger partial charge < -0.3 is 9.47 Å². The first-order valence-corrected chi connectivity index (χ1v) is 10.8. The minimum absolute atomic E-state index is 0.0330. The topological polar surface area (TPSA) is 64.6 Å². The molecule has 1 aliphatic carbocycles. The maximum absolute atomic E-state index is 12.2. The summed E-state index contributed by atoms with van der Waals surface area (Å²) in [5.41, 5.74) is 1.15. The van der Waals surface area contributed by atoms with E-state index < -0.39 is 10.0 Å². The minimum atomic E-state index is -3.35. The van der Waals surface area contributed by atoms with Crippen molar-refractivity contribution < 1.29 is 17.9 Å². The van der Waals surface area contributed by atoms with E-state index >= 15 is 0 Å². The van der Waals surface area contributed by atoms with Gasteiger partial charge in [0, 0.05) is 24.6 Å². The second-order valence-electron chi connectivity index (χ2n) is 6.48. The summed E-state index contributed by atoms with van der Waals surface area (Å²) in [6.07, 6.45) is 4.73. The molecular formula is C18H28ClNO4S. The Bertz CT molecular complexity index is 600. The Morgan fingerprint density at radius 2 is 1.84 bits per heavy atom. The van der Waals surface area contributed by atoms with Gasteiger partial charge in [0.15, 0.2) is 0 Å². The molecule has 0 bridgehead atoms. The molecule has 0 aromatic heterocycles. The van der Waals surface area contributed by atoms with Crippen LogP contribution in [0.15, 0.2) is 24.3 Å². The Morgan fingerprint density at radius 3 is 2.48 bits per heavy atom. The molecule has 1 N–H and O–H groups in total. The SMILES string of the molecule is COCCOCCS(=O)(=O)NCC(c1ccc(Cl)cc1)C1CCCC1. The van der Waals surface area contributed by atoms with Gasteiger partial charge in [-0.25, -0.2) is 13.1 Å². The summed E-state index contributed by atoms with van der Waals surface area (Å²) < 4.78 is 37.3. The number of hydrogen-bond donors (Lipinski definition) is 1. The summed E-state index contributed by atoms with van der Waals surface area (Å²) >= 11 is 5.98. The first-order valence-electron chi connectivity index (χ1n) is 8.81. The molecule has 25 heavy (non-hydrogen) atoms.